The number of carbonyl (C=O) groups is 2. The minimum atomic E-state index is -0.300. The second kappa shape index (κ2) is 9.34. The lowest BCUT2D eigenvalue weighted by molar-refractivity contribution is 0.0988. The van der Waals surface area contributed by atoms with Crippen molar-refractivity contribution in [2.24, 2.45) is 0 Å². The molecular formula is C25H25N3O3. The highest BCUT2D eigenvalue weighted by atomic mass is 16.5. The van der Waals surface area contributed by atoms with Crippen molar-refractivity contribution in [2.75, 3.05) is 23.3 Å². The van der Waals surface area contributed by atoms with Crippen LogP contribution in [-0.4, -0.2) is 25.0 Å². The second-order valence-corrected chi connectivity index (χ2v) is 7.30. The molecule has 0 bridgehead atoms. The fourth-order valence-electron chi connectivity index (χ4n) is 3.63. The first-order chi connectivity index (χ1) is 15.2. The monoisotopic (exact) mass is 415 g/mol. The molecule has 0 aliphatic carbocycles. The van der Waals surface area contributed by atoms with E-state index in [9.17, 15) is 9.59 Å². The van der Waals surface area contributed by atoms with Crippen LogP contribution in [-0.2, 0) is 6.42 Å². The average molecular weight is 415 g/mol. The Morgan fingerprint density at radius 2 is 1.74 bits per heavy atom. The average Bonchev–Trinajstić information content (AvgIpc) is 2.91. The molecule has 0 spiro atoms. The molecule has 1 aliphatic rings. The van der Waals surface area contributed by atoms with Gasteiger partial charge in [0.25, 0.3) is 5.91 Å². The van der Waals surface area contributed by atoms with E-state index >= 15 is 0 Å². The maximum absolute atomic E-state index is 13.1. The fraction of sp³-hybridized carbons (Fsp3) is 0.200. The molecule has 6 heteroatoms. The summed E-state index contributed by atoms with van der Waals surface area (Å²) in [4.78, 5) is 27.1. The maximum atomic E-state index is 13.1. The summed E-state index contributed by atoms with van der Waals surface area (Å²) in [6.07, 6.45) is 1.75. The molecule has 6 nitrogen and oxygen atoms in total. The van der Waals surface area contributed by atoms with E-state index in [2.05, 4.69) is 22.8 Å². The minimum Gasteiger partial charge on any atom is -0.454 e. The zero-order valence-electron chi connectivity index (χ0n) is 17.4. The molecule has 0 radical (unpaired) electrons. The van der Waals surface area contributed by atoms with Gasteiger partial charge in [0, 0.05) is 18.8 Å². The molecule has 4 rings (SSSR count). The SMILES string of the molecule is CCN1C(=O)c2cc(NC(=O)NCCCc3ccccc3)ccc2Oc2ccccc21. The zero-order chi connectivity index (χ0) is 21.6. The van der Waals surface area contributed by atoms with E-state index < -0.39 is 0 Å². The smallest absolute Gasteiger partial charge is 0.319 e. The molecule has 31 heavy (non-hydrogen) atoms. The van der Waals surface area contributed by atoms with Crippen LogP contribution in [0, 0.1) is 0 Å². The highest BCUT2D eigenvalue weighted by Crippen LogP contribution is 2.39. The van der Waals surface area contributed by atoms with Crippen molar-refractivity contribution < 1.29 is 14.3 Å². The Kier molecular flexibility index (Phi) is 6.17. The second-order valence-electron chi connectivity index (χ2n) is 7.30. The molecule has 3 amide bonds. The number of nitrogens with zero attached hydrogens (tertiary/aromatic N) is 1. The van der Waals surface area contributed by atoms with Crippen LogP contribution in [0.3, 0.4) is 0 Å². The van der Waals surface area contributed by atoms with Gasteiger partial charge < -0.3 is 20.3 Å². The predicted octanol–water partition coefficient (Wildman–Crippen LogP) is 5.21. The highest BCUT2D eigenvalue weighted by molar-refractivity contribution is 6.10. The van der Waals surface area contributed by atoms with Crippen molar-refractivity contribution in [2.45, 2.75) is 19.8 Å². The van der Waals surface area contributed by atoms with E-state index in [1.165, 1.54) is 5.56 Å². The highest BCUT2D eigenvalue weighted by Gasteiger charge is 2.27. The van der Waals surface area contributed by atoms with Gasteiger partial charge in [-0.25, -0.2) is 4.79 Å². The summed E-state index contributed by atoms with van der Waals surface area (Å²) in [7, 11) is 0. The Balaban J connectivity index is 1.41. The van der Waals surface area contributed by atoms with Gasteiger partial charge in [-0.05, 0) is 55.7 Å². The topological polar surface area (TPSA) is 70.7 Å². The van der Waals surface area contributed by atoms with Crippen LogP contribution in [0.1, 0.15) is 29.3 Å². The van der Waals surface area contributed by atoms with Crippen molar-refractivity contribution in [3.05, 3.63) is 83.9 Å². The Morgan fingerprint density at radius 1 is 0.968 bits per heavy atom. The Labute approximate surface area is 181 Å². The number of benzene rings is 3. The summed E-state index contributed by atoms with van der Waals surface area (Å²) in [6, 6.07) is 22.4. The number of aryl methyl sites for hydroxylation is 1. The molecular weight excluding hydrogens is 390 g/mol. The van der Waals surface area contributed by atoms with Gasteiger partial charge in [-0.1, -0.05) is 42.5 Å². The zero-order valence-corrected chi connectivity index (χ0v) is 17.4. The fourth-order valence-corrected chi connectivity index (χ4v) is 3.63. The summed E-state index contributed by atoms with van der Waals surface area (Å²) in [5.74, 6) is 0.949. The summed E-state index contributed by atoms with van der Waals surface area (Å²) in [6.45, 7) is 3.00. The largest absolute Gasteiger partial charge is 0.454 e. The third-order valence-electron chi connectivity index (χ3n) is 5.18. The molecule has 1 aliphatic heterocycles. The molecule has 1 heterocycles. The molecule has 3 aromatic rings. The Morgan fingerprint density at radius 3 is 2.55 bits per heavy atom. The number of para-hydroxylation sites is 2. The number of anilines is 2. The minimum absolute atomic E-state index is 0.158. The van der Waals surface area contributed by atoms with Crippen molar-refractivity contribution >= 4 is 23.3 Å². The number of fused-ring (bicyclic) bond motifs is 2. The van der Waals surface area contributed by atoms with Crippen molar-refractivity contribution in [1.82, 2.24) is 5.32 Å². The normalized spacial score (nSPS) is 12.3. The lowest BCUT2D eigenvalue weighted by atomic mass is 10.1. The third kappa shape index (κ3) is 4.69. The quantitative estimate of drug-likeness (QED) is 0.543. The first-order valence-corrected chi connectivity index (χ1v) is 10.5. The van der Waals surface area contributed by atoms with Gasteiger partial charge in [-0.3, -0.25) is 4.79 Å². The standard InChI is InChI=1S/C25H25N3O3/c1-2-28-21-12-6-7-13-23(21)31-22-15-14-19(17-20(22)24(28)29)27-25(30)26-16-8-11-18-9-4-3-5-10-18/h3-7,9-10,12-15,17H,2,8,11,16H2,1H3,(H2,26,27,30). The van der Waals surface area contributed by atoms with E-state index in [1.807, 2.05) is 49.4 Å². The Hall–Kier alpha value is -3.80. The lowest BCUT2D eigenvalue weighted by Gasteiger charge is -2.19. The van der Waals surface area contributed by atoms with Crippen LogP contribution in [0.25, 0.3) is 0 Å². The van der Waals surface area contributed by atoms with E-state index in [-0.39, 0.29) is 11.9 Å². The van der Waals surface area contributed by atoms with Gasteiger partial charge in [0.1, 0.15) is 5.75 Å². The first-order valence-electron chi connectivity index (χ1n) is 10.5. The molecule has 0 atom stereocenters. The number of hydrogen-bond acceptors (Lipinski definition) is 3. The van der Waals surface area contributed by atoms with Crippen LogP contribution < -0.4 is 20.3 Å². The number of rotatable bonds is 6. The van der Waals surface area contributed by atoms with Crippen LogP contribution in [0.5, 0.6) is 11.5 Å². The third-order valence-corrected chi connectivity index (χ3v) is 5.18. The summed E-state index contributed by atoms with van der Waals surface area (Å²) in [5.41, 5.74) is 2.94. The van der Waals surface area contributed by atoms with Crippen molar-refractivity contribution in [1.29, 1.82) is 0 Å². The van der Waals surface area contributed by atoms with Crippen LogP contribution in [0.4, 0.5) is 16.2 Å². The van der Waals surface area contributed by atoms with E-state index in [0.29, 0.717) is 35.8 Å². The Bertz CT molecular complexity index is 1080. The van der Waals surface area contributed by atoms with Gasteiger partial charge >= 0.3 is 6.03 Å². The van der Waals surface area contributed by atoms with E-state index in [0.717, 1.165) is 18.5 Å². The molecule has 0 saturated carbocycles. The number of urea groups is 1. The summed E-state index contributed by atoms with van der Waals surface area (Å²) in [5, 5.41) is 5.67. The van der Waals surface area contributed by atoms with Gasteiger partial charge in [0.15, 0.2) is 5.75 Å². The number of ether oxygens (including phenoxy) is 1. The van der Waals surface area contributed by atoms with Crippen LogP contribution in [0.15, 0.2) is 72.8 Å². The number of carbonyl (C=O) groups excluding carboxylic acids is 2. The number of amides is 3. The maximum Gasteiger partial charge on any atom is 0.319 e. The number of nitrogens with one attached hydrogen (secondary N) is 2. The van der Waals surface area contributed by atoms with E-state index in [1.54, 1.807) is 23.1 Å². The molecule has 0 fully saturated rings. The van der Waals surface area contributed by atoms with Crippen LogP contribution in [0.2, 0.25) is 0 Å². The first kappa shape index (κ1) is 20.5. The molecule has 0 unspecified atom stereocenters. The van der Waals surface area contributed by atoms with Gasteiger partial charge in [-0.2, -0.15) is 0 Å². The van der Waals surface area contributed by atoms with Gasteiger partial charge in [0.05, 0.1) is 11.3 Å². The van der Waals surface area contributed by atoms with Crippen molar-refractivity contribution in [3.8, 4) is 11.5 Å². The van der Waals surface area contributed by atoms with Gasteiger partial charge in [0.2, 0.25) is 0 Å². The molecule has 158 valence electrons. The molecule has 0 saturated heterocycles. The molecule has 0 aromatic heterocycles. The molecule has 2 N–H and O–H groups in total. The van der Waals surface area contributed by atoms with Crippen molar-refractivity contribution in [3.63, 3.8) is 0 Å². The summed E-state index contributed by atoms with van der Waals surface area (Å²) < 4.78 is 6.00. The van der Waals surface area contributed by atoms with E-state index in [4.69, 9.17) is 4.74 Å². The summed E-state index contributed by atoms with van der Waals surface area (Å²) >= 11 is 0. The molecule has 3 aromatic carbocycles. The van der Waals surface area contributed by atoms with Gasteiger partial charge in [-0.15, -0.1) is 0 Å². The predicted molar refractivity (Wildman–Crippen MR) is 122 cm³/mol. The van der Waals surface area contributed by atoms with Crippen LogP contribution >= 0.6 is 0 Å². The number of hydrogen-bond donors (Lipinski definition) is 2. The lowest BCUT2D eigenvalue weighted by Crippen LogP contribution is -2.31.